The van der Waals surface area contributed by atoms with Crippen LogP contribution in [0, 0.1) is 0 Å². The Kier molecular flexibility index (Phi) is 2.76. The standard InChI is InChI=1S/C17H20N3O/c1-20-9-6-14(12-20)19(8-10-20)17(21)16-4-2-3-13-11-18-7-5-15(13)16/h2-5,7,11,14H,6,8-10,12H2,1H3/q+1. The van der Waals surface area contributed by atoms with E-state index in [9.17, 15) is 4.79 Å². The molecule has 2 unspecified atom stereocenters. The molecule has 0 saturated carbocycles. The van der Waals surface area contributed by atoms with Crippen LogP contribution in [-0.4, -0.2) is 59.5 Å². The summed E-state index contributed by atoms with van der Waals surface area (Å²) in [6, 6.07) is 8.27. The van der Waals surface area contributed by atoms with Crippen LogP contribution in [0.1, 0.15) is 16.8 Å². The number of benzene rings is 1. The highest BCUT2D eigenvalue weighted by atomic mass is 16.2. The maximum Gasteiger partial charge on any atom is 0.255 e. The second kappa shape index (κ2) is 4.53. The van der Waals surface area contributed by atoms with Crippen LogP contribution in [-0.2, 0) is 0 Å². The number of quaternary nitrogens is 1. The molecule has 3 heterocycles. The Morgan fingerprint density at radius 1 is 1.33 bits per heavy atom. The highest BCUT2D eigenvalue weighted by Gasteiger charge is 2.44. The van der Waals surface area contributed by atoms with E-state index < -0.39 is 0 Å². The SMILES string of the molecule is C[N+]12CCC(C1)N(C(=O)c1cccc3cnccc13)CC2. The zero-order chi connectivity index (χ0) is 14.4. The van der Waals surface area contributed by atoms with Gasteiger partial charge in [0.15, 0.2) is 0 Å². The van der Waals surface area contributed by atoms with Crippen LogP contribution in [0.5, 0.6) is 0 Å². The molecule has 21 heavy (non-hydrogen) atoms. The molecule has 2 bridgehead atoms. The lowest BCUT2D eigenvalue weighted by Gasteiger charge is -2.39. The first kappa shape index (κ1) is 12.8. The molecule has 2 aromatic rings. The highest BCUT2D eigenvalue weighted by Crippen LogP contribution is 2.29. The van der Waals surface area contributed by atoms with Crippen LogP contribution in [0.25, 0.3) is 10.8 Å². The van der Waals surface area contributed by atoms with Gasteiger partial charge in [0.25, 0.3) is 5.91 Å². The average Bonchev–Trinajstić information content (AvgIpc) is 2.82. The number of piperazine rings is 1. The summed E-state index contributed by atoms with van der Waals surface area (Å²) in [5, 5.41) is 2.05. The summed E-state index contributed by atoms with van der Waals surface area (Å²) in [6.45, 7) is 4.27. The van der Waals surface area contributed by atoms with E-state index in [1.54, 1.807) is 6.20 Å². The van der Waals surface area contributed by atoms with Crippen molar-refractivity contribution < 1.29 is 9.28 Å². The molecule has 1 aromatic carbocycles. The second-order valence-corrected chi connectivity index (χ2v) is 6.59. The zero-order valence-electron chi connectivity index (χ0n) is 12.3. The molecule has 2 saturated heterocycles. The molecule has 4 rings (SSSR count). The maximum absolute atomic E-state index is 13.0. The van der Waals surface area contributed by atoms with E-state index in [1.165, 1.54) is 6.54 Å². The molecule has 0 spiro atoms. The van der Waals surface area contributed by atoms with E-state index in [2.05, 4.69) is 16.9 Å². The maximum atomic E-state index is 13.0. The lowest BCUT2D eigenvalue weighted by molar-refractivity contribution is -0.901. The molecule has 1 aromatic heterocycles. The van der Waals surface area contributed by atoms with Crippen molar-refractivity contribution in [2.45, 2.75) is 12.5 Å². The Morgan fingerprint density at radius 2 is 2.24 bits per heavy atom. The van der Waals surface area contributed by atoms with Crippen molar-refractivity contribution in [3.8, 4) is 0 Å². The van der Waals surface area contributed by atoms with E-state index in [1.807, 2.05) is 30.5 Å². The molecule has 0 aliphatic carbocycles. The van der Waals surface area contributed by atoms with Gasteiger partial charge in [0.05, 0.1) is 39.3 Å². The predicted molar refractivity (Wildman–Crippen MR) is 82.0 cm³/mol. The number of hydrogen-bond donors (Lipinski definition) is 0. The van der Waals surface area contributed by atoms with Crippen LogP contribution < -0.4 is 0 Å². The summed E-state index contributed by atoms with van der Waals surface area (Å²) in [6.07, 6.45) is 4.72. The van der Waals surface area contributed by atoms with Gasteiger partial charge in [-0.05, 0) is 17.5 Å². The molecule has 4 nitrogen and oxygen atoms in total. The van der Waals surface area contributed by atoms with E-state index in [0.717, 1.165) is 46.9 Å². The molecule has 2 aliphatic heterocycles. The van der Waals surface area contributed by atoms with Crippen molar-refractivity contribution >= 4 is 16.7 Å². The van der Waals surface area contributed by atoms with Gasteiger partial charge in [-0.3, -0.25) is 9.78 Å². The van der Waals surface area contributed by atoms with Crippen molar-refractivity contribution in [1.29, 1.82) is 0 Å². The quantitative estimate of drug-likeness (QED) is 0.749. The number of aromatic nitrogens is 1. The van der Waals surface area contributed by atoms with Gasteiger partial charge in [-0.25, -0.2) is 0 Å². The minimum atomic E-state index is 0.185. The van der Waals surface area contributed by atoms with Crippen LogP contribution in [0.4, 0.5) is 0 Å². The molecule has 4 heteroatoms. The van der Waals surface area contributed by atoms with Crippen LogP contribution >= 0.6 is 0 Å². The molecule has 0 radical (unpaired) electrons. The van der Waals surface area contributed by atoms with Gasteiger partial charge in [-0.2, -0.15) is 0 Å². The third kappa shape index (κ3) is 2.02. The van der Waals surface area contributed by atoms with Crippen molar-refractivity contribution in [2.75, 3.05) is 33.2 Å². The summed E-state index contributed by atoms with van der Waals surface area (Å²) >= 11 is 0. The Balaban J connectivity index is 1.71. The fraction of sp³-hybridized carbons (Fsp3) is 0.412. The van der Waals surface area contributed by atoms with E-state index in [0.29, 0.717) is 6.04 Å². The van der Waals surface area contributed by atoms with Gasteiger partial charge in [0.1, 0.15) is 0 Å². The third-order valence-electron chi connectivity index (χ3n) is 5.15. The Morgan fingerprint density at radius 3 is 3.14 bits per heavy atom. The molecular weight excluding hydrogens is 262 g/mol. The highest BCUT2D eigenvalue weighted by molar-refractivity contribution is 6.06. The molecule has 2 atom stereocenters. The Bertz CT molecular complexity index is 709. The lowest BCUT2D eigenvalue weighted by atomic mass is 10.0. The zero-order valence-corrected chi connectivity index (χ0v) is 12.3. The van der Waals surface area contributed by atoms with E-state index in [-0.39, 0.29) is 5.91 Å². The summed E-state index contributed by atoms with van der Waals surface area (Å²) in [5.74, 6) is 0.185. The monoisotopic (exact) mass is 282 g/mol. The van der Waals surface area contributed by atoms with Crippen molar-refractivity contribution in [2.24, 2.45) is 0 Å². The summed E-state index contributed by atoms with van der Waals surface area (Å²) < 4.78 is 1.13. The third-order valence-corrected chi connectivity index (χ3v) is 5.15. The first-order chi connectivity index (χ1) is 10.2. The number of fused-ring (bicyclic) bond motifs is 3. The van der Waals surface area contributed by atoms with Crippen LogP contribution in [0.3, 0.4) is 0 Å². The predicted octanol–water partition coefficient (Wildman–Crippen LogP) is 1.91. The molecular formula is C17H20N3O+. The fourth-order valence-electron chi connectivity index (χ4n) is 3.87. The summed E-state index contributed by atoms with van der Waals surface area (Å²) in [5.41, 5.74) is 0.818. The fourth-order valence-corrected chi connectivity index (χ4v) is 3.87. The number of amides is 1. The number of carbonyl (C=O) groups excluding carboxylic acids is 1. The first-order valence-electron chi connectivity index (χ1n) is 7.64. The average molecular weight is 282 g/mol. The van der Waals surface area contributed by atoms with Crippen molar-refractivity contribution in [1.82, 2.24) is 9.88 Å². The Labute approximate surface area is 124 Å². The number of nitrogens with zero attached hydrogens (tertiary/aromatic N) is 3. The van der Waals surface area contributed by atoms with Gasteiger partial charge in [-0.15, -0.1) is 0 Å². The molecule has 1 amide bonds. The van der Waals surface area contributed by atoms with Crippen LogP contribution in [0.2, 0.25) is 0 Å². The smallest absolute Gasteiger partial charge is 0.255 e. The lowest BCUT2D eigenvalue weighted by Crippen LogP contribution is -2.56. The van der Waals surface area contributed by atoms with Gasteiger partial charge >= 0.3 is 0 Å². The van der Waals surface area contributed by atoms with Gasteiger partial charge in [0.2, 0.25) is 0 Å². The van der Waals surface area contributed by atoms with Gasteiger partial charge in [-0.1, -0.05) is 12.1 Å². The largest absolute Gasteiger partial charge is 0.324 e. The normalized spacial score (nSPS) is 28.0. The molecule has 0 N–H and O–H groups in total. The minimum Gasteiger partial charge on any atom is -0.324 e. The van der Waals surface area contributed by atoms with E-state index >= 15 is 0 Å². The number of hydrogen-bond acceptors (Lipinski definition) is 2. The number of rotatable bonds is 1. The second-order valence-electron chi connectivity index (χ2n) is 6.59. The van der Waals surface area contributed by atoms with Crippen LogP contribution in [0.15, 0.2) is 36.7 Å². The molecule has 108 valence electrons. The summed E-state index contributed by atoms with van der Waals surface area (Å²) in [4.78, 5) is 19.2. The van der Waals surface area contributed by atoms with Gasteiger partial charge < -0.3 is 9.38 Å². The van der Waals surface area contributed by atoms with E-state index in [4.69, 9.17) is 0 Å². The number of likely N-dealkylation sites (N-methyl/N-ethyl adjacent to an activating group) is 1. The number of carbonyl (C=O) groups is 1. The Hall–Kier alpha value is -1.94. The van der Waals surface area contributed by atoms with Gasteiger partial charge in [0, 0.05) is 29.8 Å². The topological polar surface area (TPSA) is 33.2 Å². The summed E-state index contributed by atoms with van der Waals surface area (Å²) in [7, 11) is 2.31. The minimum absolute atomic E-state index is 0.185. The van der Waals surface area contributed by atoms with Crippen molar-refractivity contribution in [3.63, 3.8) is 0 Å². The molecule has 2 fully saturated rings. The number of pyridine rings is 1. The molecule has 2 aliphatic rings. The van der Waals surface area contributed by atoms with Crippen molar-refractivity contribution in [3.05, 3.63) is 42.2 Å². The first-order valence-corrected chi connectivity index (χ1v) is 7.64.